The number of aromatic nitrogens is 1. The molecule has 0 atom stereocenters. The fourth-order valence-corrected chi connectivity index (χ4v) is 2.42. The van der Waals surface area contributed by atoms with Crippen LogP contribution in [0.5, 0.6) is 0 Å². The van der Waals surface area contributed by atoms with Crippen LogP contribution in [0.1, 0.15) is 19.3 Å². The fourth-order valence-electron chi connectivity index (χ4n) is 2.05. The van der Waals surface area contributed by atoms with E-state index in [-0.39, 0.29) is 5.91 Å². The molecular formula is C17H18N3OS+. The Morgan fingerprint density at radius 3 is 2.55 bits per heavy atom. The second-order valence-corrected chi connectivity index (χ2v) is 5.69. The van der Waals surface area contributed by atoms with E-state index in [1.54, 1.807) is 0 Å². The van der Waals surface area contributed by atoms with E-state index in [4.69, 9.17) is 5.26 Å². The Morgan fingerprint density at radius 1 is 1.14 bits per heavy atom. The fraction of sp³-hybridized carbons (Fsp3) is 0.235. The third kappa shape index (κ3) is 5.58. The lowest BCUT2D eigenvalue weighted by atomic mass is 10.2. The van der Waals surface area contributed by atoms with Gasteiger partial charge >= 0.3 is 0 Å². The molecule has 112 valence electrons. The van der Waals surface area contributed by atoms with E-state index in [2.05, 4.69) is 9.88 Å². The molecule has 1 heterocycles. The molecule has 0 saturated carbocycles. The van der Waals surface area contributed by atoms with Gasteiger partial charge < -0.3 is 5.32 Å². The van der Waals surface area contributed by atoms with Gasteiger partial charge in [-0.2, -0.15) is 5.26 Å². The Hall–Kier alpha value is -2.32. The van der Waals surface area contributed by atoms with Crippen LogP contribution in [0.15, 0.2) is 59.8 Å². The summed E-state index contributed by atoms with van der Waals surface area (Å²) in [7, 11) is 0. The van der Waals surface area contributed by atoms with Crippen LogP contribution in [-0.4, -0.2) is 5.91 Å². The molecule has 0 radical (unpaired) electrons. The van der Waals surface area contributed by atoms with Crippen molar-refractivity contribution in [2.24, 2.45) is 0 Å². The molecule has 0 bridgehead atoms. The summed E-state index contributed by atoms with van der Waals surface area (Å²) in [6.45, 7) is 0.925. The summed E-state index contributed by atoms with van der Waals surface area (Å²) in [6.07, 6.45) is 6.40. The first-order valence-electron chi connectivity index (χ1n) is 7.18. The van der Waals surface area contributed by atoms with Crippen LogP contribution >= 0.6 is 11.8 Å². The van der Waals surface area contributed by atoms with E-state index in [1.165, 1.54) is 0 Å². The molecule has 0 unspecified atom stereocenters. The number of aryl methyl sites for hydroxylation is 1. The maximum Gasteiger partial charge on any atom is 0.224 e. The van der Waals surface area contributed by atoms with Crippen LogP contribution in [-0.2, 0) is 11.3 Å². The van der Waals surface area contributed by atoms with Crippen LogP contribution in [0, 0.1) is 10.7 Å². The number of unbranched alkanes of at least 4 members (excludes halogenated alkanes) is 1. The first-order valence-corrected chi connectivity index (χ1v) is 7.99. The Morgan fingerprint density at radius 2 is 1.86 bits per heavy atom. The maximum atomic E-state index is 11.9. The Kier molecular flexibility index (Phi) is 6.46. The largest absolute Gasteiger partial charge is 0.326 e. The van der Waals surface area contributed by atoms with Gasteiger partial charge in [0, 0.05) is 35.6 Å². The number of nitrogens with one attached hydrogen (secondary N) is 1. The predicted molar refractivity (Wildman–Crippen MR) is 87.0 cm³/mol. The number of carbonyl (C=O) groups is 1. The van der Waals surface area contributed by atoms with Gasteiger partial charge in [-0.25, -0.2) is 4.57 Å². The first kappa shape index (κ1) is 16.1. The van der Waals surface area contributed by atoms with Crippen molar-refractivity contribution < 1.29 is 9.36 Å². The third-order valence-electron chi connectivity index (χ3n) is 3.15. The Balaban J connectivity index is 1.68. The molecule has 22 heavy (non-hydrogen) atoms. The zero-order valence-electron chi connectivity index (χ0n) is 12.2. The molecule has 5 heteroatoms. The lowest BCUT2D eigenvalue weighted by Crippen LogP contribution is -2.32. The van der Waals surface area contributed by atoms with Crippen LogP contribution in [0.3, 0.4) is 0 Å². The minimum atomic E-state index is 0.0266. The molecule has 0 aliphatic heterocycles. The third-order valence-corrected chi connectivity index (χ3v) is 3.75. The number of rotatable bonds is 7. The van der Waals surface area contributed by atoms with Crippen LogP contribution < -0.4 is 9.88 Å². The average molecular weight is 312 g/mol. The number of pyridine rings is 1. The molecule has 1 aromatic carbocycles. The molecule has 4 nitrogen and oxygen atoms in total. The topological polar surface area (TPSA) is 56.8 Å². The number of benzene rings is 1. The van der Waals surface area contributed by atoms with Crippen LogP contribution in [0.4, 0.5) is 5.69 Å². The van der Waals surface area contributed by atoms with Crippen molar-refractivity contribution in [1.29, 1.82) is 5.26 Å². The lowest BCUT2D eigenvalue weighted by Gasteiger charge is -2.05. The van der Waals surface area contributed by atoms with Crippen molar-refractivity contribution in [3.8, 4) is 5.40 Å². The summed E-state index contributed by atoms with van der Waals surface area (Å²) in [5.41, 5.74) is 0.768. The minimum Gasteiger partial charge on any atom is -0.326 e. The monoisotopic (exact) mass is 312 g/mol. The highest BCUT2D eigenvalue weighted by atomic mass is 32.2. The molecule has 0 spiro atoms. The summed E-state index contributed by atoms with van der Waals surface area (Å²) >= 11 is 1.11. The first-order chi connectivity index (χ1) is 10.8. The highest BCUT2D eigenvalue weighted by Gasteiger charge is 2.04. The van der Waals surface area contributed by atoms with Gasteiger partial charge in [0.05, 0.1) is 0 Å². The van der Waals surface area contributed by atoms with Crippen molar-refractivity contribution in [2.75, 3.05) is 5.32 Å². The number of nitriles is 1. The van der Waals surface area contributed by atoms with Crippen LogP contribution in [0.25, 0.3) is 0 Å². The molecular weight excluding hydrogens is 294 g/mol. The SMILES string of the molecule is N#CSc1ccc(NC(=O)CCCC[n+]2ccccc2)cc1. The molecule has 0 aliphatic carbocycles. The maximum absolute atomic E-state index is 11.9. The highest BCUT2D eigenvalue weighted by molar-refractivity contribution is 8.03. The number of thioether (sulfide) groups is 1. The number of hydrogen-bond acceptors (Lipinski definition) is 3. The number of amides is 1. The van der Waals surface area contributed by atoms with Gasteiger partial charge in [0.15, 0.2) is 12.4 Å². The second-order valence-electron chi connectivity index (χ2n) is 4.84. The Labute approximate surface area is 134 Å². The lowest BCUT2D eigenvalue weighted by molar-refractivity contribution is -0.697. The van der Waals surface area contributed by atoms with Crippen molar-refractivity contribution in [3.63, 3.8) is 0 Å². The zero-order valence-corrected chi connectivity index (χ0v) is 13.1. The molecule has 1 aromatic heterocycles. The summed E-state index contributed by atoms with van der Waals surface area (Å²) in [4.78, 5) is 12.7. The van der Waals surface area contributed by atoms with Crippen molar-refractivity contribution >= 4 is 23.4 Å². The van der Waals surface area contributed by atoms with Crippen molar-refractivity contribution in [1.82, 2.24) is 0 Å². The summed E-state index contributed by atoms with van der Waals surface area (Å²) < 4.78 is 2.11. The summed E-state index contributed by atoms with van der Waals surface area (Å²) in [5.74, 6) is 0.0266. The number of nitrogens with zero attached hydrogens (tertiary/aromatic N) is 2. The number of thiocyanates is 1. The molecule has 1 amide bonds. The normalized spacial score (nSPS) is 9.95. The number of hydrogen-bond donors (Lipinski definition) is 1. The van der Waals surface area contributed by atoms with Gasteiger partial charge in [0.25, 0.3) is 0 Å². The standard InChI is InChI=1S/C17H17N3OS/c18-14-22-16-9-7-15(8-10-16)19-17(21)6-2-5-13-20-11-3-1-4-12-20/h1,3-4,7-12H,2,5-6,13H2/p+1. The van der Waals surface area contributed by atoms with E-state index in [9.17, 15) is 4.79 Å². The quantitative estimate of drug-likeness (QED) is 0.369. The molecule has 0 aliphatic rings. The minimum absolute atomic E-state index is 0.0266. The predicted octanol–water partition coefficient (Wildman–Crippen LogP) is 3.36. The number of anilines is 1. The van der Waals surface area contributed by atoms with Gasteiger partial charge in [-0.3, -0.25) is 4.79 Å². The molecule has 1 N–H and O–H groups in total. The van der Waals surface area contributed by atoms with E-state index in [0.29, 0.717) is 6.42 Å². The molecule has 2 aromatic rings. The number of carbonyl (C=O) groups excluding carboxylic acids is 1. The van der Waals surface area contributed by atoms with E-state index < -0.39 is 0 Å². The van der Waals surface area contributed by atoms with Gasteiger partial charge in [0.1, 0.15) is 11.9 Å². The highest BCUT2D eigenvalue weighted by Crippen LogP contribution is 2.19. The molecule has 2 rings (SSSR count). The van der Waals surface area contributed by atoms with E-state index >= 15 is 0 Å². The average Bonchev–Trinajstić information content (AvgIpc) is 2.55. The van der Waals surface area contributed by atoms with Crippen LogP contribution in [0.2, 0.25) is 0 Å². The summed E-state index contributed by atoms with van der Waals surface area (Å²) in [5, 5.41) is 13.5. The molecule has 0 fully saturated rings. The van der Waals surface area contributed by atoms with Gasteiger partial charge in [-0.15, -0.1) is 0 Å². The van der Waals surface area contributed by atoms with Crippen molar-refractivity contribution in [3.05, 3.63) is 54.9 Å². The Bertz CT molecular complexity index is 635. The van der Waals surface area contributed by atoms with Gasteiger partial charge in [-0.1, -0.05) is 6.07 Å². The summed E-state index contributed by atoms with van der Waals surface area (Å²) in [6, 6.07) is 13.3. The second kappa shape index (κ2) is 8.85. The van der Waals surface area contributed by atoms with Crippen molar-refractivity contribution in [2.45, 2.75) is 30.7 Å². The smallest absolute Gasteiger partial charge is 0.224 e. The van der Waals surface area contributed by atoms with Gasteiger partial charge in [0.2, 0.25) is 5.91 Å². The van der Waals surface area contributed by atoms with Gasteiger partial charge in [-0.05, 0) is 42.4 Å². The van der Waals surface area contributed by atoms with E-state index in [1.807, 2.05) is 60.3 Å². The van der Waals surface area contributed by atoms with E-state index in [0.717, 1.165) is 41.7 Å². The molecule has 0 saturated heterocycles. The zero-order chi connectivity index (χ0) is 15.6.